The number of rotatable bonds is 5. The van der Waals surface area contributed by atoms with E-state index in [2.05, 4.69) is 29.4 Å². The summed E-state index contributed by atoms with van der Waals surface area (Å²) in [5, 5.41) is 2.83. The molecule has 2 aromatic rings. The molecule has 98 valence electrons. The monoisotopic (exact) mass is 254 g/mol. The van der Waals surface area contributed by atoms with Gasteiger partial charge in [-0.1, -0.05) is 31.2 Å². The van der Waals surface area contributed by atoms with Crippen LogP contribution in [0, 0.1) is 0 Å². The highest BCUT2D eigenvalue weighted by Crippen LogP contribution is 2.06. The molecule has 2 rings (SSSR count). The van der Waals surface area contributed by atoms with Crippen LogP contribution in [0.3, 0.4) is 0 Å². The molecule has 0 saturated carbocycles. The van der Waals surface area contributed by atoms with Crippen LogP contribution in [0.5, 0.6) is 0 Å². The lowest BCUT2D eigenvalue weighted by molar-refractivity contribution is -0.116. The van der Waals surface area contributed by atoms with E-state index >= 15 is 0 Å². The number of carbonyl (C=O) groups excluding carboxylic acids is 1. The number of hydrogen-bond acceptors (Lipinski definition) is 1. The third-order valence-corrected chi connectivity index (χ3v) is 2.94. The molecular formula is C16H18N2O. The highest BCUT2D eigenvalue weighted by molar-refractivity contribution is 5.91. The Hall–Kier alpha value is -2.29. The number of amides is 1. The Morgan fingerprint density at radius 2 is 2.00 bits per heavy atom. The topological polar surface area (TPSA) is 44.9 Å². The second-order valence-electron chi connectivity index (χ2n) is 4.37. The van der Waals surface area contributed by atoms with Gasteiger partial charge in [-0.05, 0) is 35.3 Å². The zero-order chi connectivity index (χ0) is 13.5. The van der Waals surface area contributed by atoms with Crippen molar-refractivity contribution in [1.29, 1.82) is 0 Å². The average Bonchev–Trinajstić information content (AvgIpc) is 2.96. The van der Waals surface area contributed by atoms with E-state index in [4.69, 9.17) is 0 Å². The van der Waals surface area contributed by atoms with Crippen LogP contribution in [-0.4, -0.2) is 10.9 Å². The quantitative estimate of drug-likeness (QED) is 0.792. The largest absolute Gasteiger partial charge is 0.367 e. The van der Waals surface area contributed by atoms with Crippen molar-refractivity contribution in [3.05, 3.63) is 65.5 Å². The number of nitrogens with one attached hydrogen (secondary N) is 2. The summed E-state index contributed by atoms with van der Waals surface area (Å²) in [5.74, 6) is -0.0826. The third kappa shape index (κ3) is 4.14. The molecule has 1 heterocycles. The maximum absolute atomic E-state index is 11.6. The summed E-state index contributed by atoms with van der Waals surface area (Å²) in [6.45, 7) is 2.67. The first-order chi connectivity index (χ1) is 9.28. The van der Waals surface area contributed by atoms with Gasteiger partial charge in [0.15, 0.2) is 0 Å². The molecule has 1 aromatic carbocycles. The summed E-state index contributed by atoms with van der Waals surface area (Å²) in [7, 11) is 0. The van der Waals surface area contributed by atoms with Crippen molar-refractivity contribution in [3.63, 3.8) is 0 Å². The number of benzene rings is 1. The fourth-order valence-electron chi connectivity index (χ4n) is 1.75. The van der Waals surface area contributed by atoms with Gasteiger partial charge in [0.25, 0.3) is 0 Å². The van der Waals surface area contributed by atoms with Crippen LogP contribution < -0.4 is 5.32 Å². The number of hydrogen-bond donors (Lipinski definition) is 2. The van der Waals surface area contributed by atoms with Crippen LogP contribution in [0.25, 0.3) is 6.08 Å². The van der Waals surface area contributed by atoms with Crippen molar-refractivity contribution >= 4 is 12.0 Å². The SMILES string of the molecule is CCc1ccc(/C=C/C(=O)NCc2cc[nH]c2)cc1. The second kappa shape index (κ2) is 6.59. The lowest BCUT2D eigenvalue weighted by Crippen LogP contribution is -2.19. The molecule has 0 aliphatic rings. The second-order valence-corrected chi connectivity index (χ2v) is 4.37. The minimum atomic E-state index is -0.0826. The standard InChI is InChI=1S/C16H18N2O/c1-2-13-3-5-14(6-4-13)7-8-16(19)18-12-15-9-10-17-11-15/h3-11,17H,2,12H2,1H3,(H,18,19)/b8-7+. The van der Waals surface area contributed by atoms with Gasteiger partial charge in [-0.25, -0.2) is 0 Å². The van der Waals surface area contributed by atoms with Gasteiger partial charge in [0.1, 0.15) is 0 Å². The highest BCUT2D eigenvalue weighted by atomic mass is 16.1. The molecule has 0 aliphatic heterocycles. The Morgan fingerprint density at radius 3 is 2.63 bits per heavy atom. The smallest absolute Gasteiger partial charge is 0.244 e. The zero-order valence-electron chi connectivity index (χ0n) is 11.0. The summed E-state index contributed by atoms with van der Waals surface area (Å²) >= 11 is 0. The Kier molecular flexibility index (Phi) is 4.56. The molecule has 0 atom stereocenters. The fourth-order valence-corrected chi connectivity index (χ4v) is 1.75. The molecule has 0 radical (unpaired) electrons. The number of aromatic amines is 1. The molecule has 0 spiro atoms. The van der Waals surface area contributed by atoms with E-state index in [0.29, 0.717) is 6.54 Å². The van der Waals surface area contributed by atoms with Gasteiger partial charge in [-0.15, -0.1) is 0 Å². The van der Waals surface area contributed by atoms with Crippen LogP contribution in [0.4, 0.5) is 0 Å². The van der Waals surface area contributed by atoms with E-state index in [1.54, 1.807) is 6.08 Å². The van der Waals surface area contributed by atoms with E-state index in [1.807, 2.05) is 36.7 Å². The van der Waals surface area contributed by atoms with Crippen molar-refractivity contribution < 1.29 is 4.79 Å². The van der Waals surface area contributed by atoms with Crippen molar-refractivity contribution in [3.8, 4) is 0 Å². The van der Waals surface area contributed by atoms with Gasteiger partial charge in [-0.2, -0.15) is 0 Å². The van der Waals surface area contributed by atoms with E-state index in [1.165, 1.54) is 5.56 Å². The molecule has 1 aromatic heterocycles. The van der Waals surface area contributed by atoms with Crippen molar-refractivity contribution in [2.45, 2.75) is 19.9 Å². The van der Waals surface area contributed by atoms with E-state index in [-0.39, 0.29) is 5.91 Å². The molecule has 1 amide bonds. The normalized spacial score (nSPS) is 10.8. The predicted molar refractivity (Wildman–Crippen MR) is 77.5 cm³/mol. The molecule has 0 unspecified atom stereocenters. The lowest BCUT2D eigenvalue weighted by Gasteiger charge is -2.00. The summed E-state index contributed by atoms with van der Waals surface area (Å²) < 4.78 is 0. The van der Waals surface area contributed by atoms with Gasteiger partial charge in [0.05, 0.1) is 0 Å². The van der Waals surface area contributed by atoms with Gasteiger partial charge in [0.2, 0.25) is 5.91 Å². The van der Waals surface area contributed by atoms with Crippen molar-refractivity contribution in [2.24, 2.45) is 0 Å². The Bertz CT molecular complexity index is 539. The van der Waals surface area contributed by atoms with Gasteiger partial charge in [0, 0.05) is 25.0 Å². The minimum Gasteiger partial charge on any atom is -0.367 e. The maximum Gasteiger partial charge on any atom is 0.244 e. The molecule has 0 aliphatic carbocycles. The fraction of sp³-hybridized carbons (Fsp3) is 0.188. The van der Waals surface area contributed by atoms with E-state index in [0.717, 1.165) is 17.5 Å². The Labute approximate surface area is 113 Å². The zero-order valence-corrected chi connectivity index (χ0v) is 11.0. The summed E-state index contributed by atoms with van der Waals surface area (Å²) in [6, 6.07) is 10.1. The summed E-state index contributed by atoms with van der Waals surface area (Å²) in [4.78, 5) is 14.6. The molecule has 19 heavy (non-hydrogen) atoms. The van der Waals surface area contributed by atoms with Crippen LogP contribution >= 0.6 is 0 Å². The number of carbonyl (C=O) groups is 1. The van der Waals surface area contributed by atoms with Crippen LogP contribution in [0.15, 0.2) is 48.8 Å². The molecule has 3 heteroatoms. The maximum atomic E-state index is 11.6. The highest BCUT2D eigenvalue weighted by Gasteiger charge is 1.97. The molecule has 2 N–H and O–H groups in total. The molecule has 0 saturated heterocycles. The van der Waals surface area contributed by atoms with Crippen molar-refractivity contribution in [1.82, 2.24) is 10.3 Å². The Balaban J connectivity index is 1.85. The first-order valence-corrected chi connectivity index (χ1v) is 6.44. The summed E-state index contributed by atoms with van der Waals surface area (Å²) in [5.41, 5.74) is 3.40. The average molecular weight is 254 g/mol. The number of aromatic nitrogens is 1. The lowest BCUT2D eigenvalue weighted by atomic mass is 10.1. The first-order valence-electron chi connectivity index (χ1n) is 6.44. The van der Waals surface area contributed by atoms with Crippen LogP contribution in [0.2, 0.25) is 0 Å². The molecule has 3 nitrogen and oxygen atoms in total. The van der Waals surface area contributed by atoms with Crippen LogP contribution in [0.1, 0.15) is 23.6 Å². The molecule has 0 bridgehead atoms. The third-order valence-electron chi connectivity index (χ3n) is 2.94. The minimum absolute atomic E-state index is 0.0826. The van der Waals surface area contributed by atoms with E-state index in [9.17, 15) is 4.79 Å². The summed E-state index contributed by atoms with van der Waals surface area (Å²) in [6.07, 6.45) is 8.13. The first kappa shape index (κ1) is 13.1. The predicted octanol–water partition coefficient (Wildman–Crippen LogP) is 2.91. The number of aryl methyl sites for hydroxylation is 1. The van der Waals surface area contributed by atoms with Crippen LogP contribution in [-0.2, 0) is 17.8 Å². The van der Waals surface area contributed by atoms with Crippen molar-refractivity contribution in [2.75, 3.05) is 0 Å². The van der Waals surface area contributed by atoms with E-state index < -0.39 is 0 Å². The van der Waals surface area contributed by atoms with Gasteiger partial charge >= 0.3 is 0 Å². The van der Waals surface area contributed by atoms with Gasteiger partial charge < -0.3 is 10.3 Å². The number of H-pyrrole nitrogens is 1. The van der Waals surface area contributed by atoms with Gasteiger partial charge in [-0.3, -0.25) is 4.79 Å². The molecule has 0 fully saturated rings. The molecular weight excluding hydrogens is 236 g/mol. The Morgan fingerprint density at radius 1 is 1.21 bits per heavy atom.